The molecule has 0 bridgehead atoms. The molecule has 0 aromatic heterocycles. The van der Waals surface area contributed by atoms with Crippen LogP contribution in [0.25, 0.3) is 0 Å². The number of phenolic OH excluding ortho intramolecular Hbond substituents is 2. The zero-order valence-corrected chi connectivity index (χ0v) is 14.9. The smallest absolute Gasteiger partial charge is 0.123 e. The standard InChI is InChI=1S/C18H25BrO2/c1-11-5-6-14(18(2,3)4)13(7-11)17-15(20)8-12(10-19)9-16(17)21/h7-9,13-14,20-21H,5-6,10H2,1-4H3/t13-,14-/m1/s1. The van der Waals surface area contributed by atoms with E-state index in [1.165, 1.54) is 5.57 Å². The van der Waals surface area contributed by atoms with E-state index < -0.39 is 0 Å². The van der Waals surface area contributed by atoms with Crippen molar-refractivity contribution in [2.75, 3.05) is 0 Å². The van der Waals surface area contributed by atoms with Crippen LogP contribution >= 0.6 is 15.9 Å². The maximum Gasteiger partial charge on any atom is 0.123 e. The molecule has 2 atom stereocenters. The normalized spacial score (nSPS) is 23.0. The highest BCUT2D eigenvalue weighted by atomic mass is 79.9. The van der Waals surface area contributed by atoms with Crippen LogP contribution in [0.2, 0.25) is 0 Å². The lowest BCUT2D eigenvalue weighted by Gasteiger charge is -2.39. The zero-order valence-electron chi connectivity index (χ0n) is 13.3. The highest BCUT2D eigenvalue weighted by Gasteiger charge is 2.36. The summed E-state index contributed by atoms with van der Waals surface area (Å²) in [7, 11) is 0. The second-order valence-corrected chi connectivity index (χ2v) is 7.79. The lowest BCUT2D eigenvalue weighted by Crippen LogP contribution is -2.28. The van der Waals surface area contributed by atoms with Crippen molar-refractivity contribution in [1.82, 2.24) is 0 Å². The van der Waals surface area contributed by atoms with Crippen LogP contribution in [0.5, 0.6) is 11.5 Å². The topological polar surface area (TPSA) is 40.5 Å². The van der Waals surface area contributed by atoms with E-state index in [0.29, 0.717) is 16.8 Å². The molecule has 0 unspecified atom stereocenters. The summed E-state index contributed by atoms with van der Waals surface area (Å²) < 4.78 is 0. The van der Waals surface area contributed by atoms with Crippen LogP contribution in [0.3, 0.4) is 0 Å². The molecule has 116 valence electrons. The summed E-state index contributed by atoms with van der Waals surface area (Å²) in [4.78, 5) is 0. The van der Waals surface area contributed by atoms with Gasteiger partial charge < -0.3 is 10.2 Å². The van der Waals surface area contributed by atoms with Gasteiger partial charge in [0.25, 0.3) is 0 Å². The fourth-order valence-electron chi connectivity index (χ4n) is 3.42. The maximum atomic E-state index is 10.4. The van der Waals surface area contributed by atoms with Crippen LogP contribution in [-0.2, 0) is 5.33 Å². The molecule has 0 heterocycles. The molecule has 2 N–H and O–H groups in total. The molecule has 2 rings (SSSR count). The van der Waals surface area contributed by atoms with Gasteiger partial charge in [-0.1, -0.05) is 48.4 Å². The predicted octanol–water partition coefficient (Wildman–Crippen LogP) is 5.48. The van der Waals surface area contributed by atoms with E-state index in [0.717, 1.165) is 18.4 Å². The van der Waals surface area contributed by atoms with Crippen LogP contribution in [0.1, 0.15) is 57.6 Å². The maximum absolute atomic E-state index is 10.4. The molecule has 1 aliphatic carbocycles. The molecule has 0 spiro atoms. The van der Waals surface area contributed by atoms with Crippen molar-refractivity contribution < 1.29 is 10.2 Å². The van der Waals surface area contributed by atoms with E-state index >= 15 is 0 Å². The number of hydrogen-bond acceptors (Lipinski definition) is 2. The molecule has 0 radical (unpaired) electrons. The Labute approximate surface area is 136 Å². The molecule has 0 saturated heterocycles. The van der Waals surface area contributed by atoms with Crippen molar-refractivity contribution in [2.24, 2.45) is 11.3 Å². The number of alkyl halides is 1. The molecule has 1 aromatic rings. The fourth-order valence-corrected chi connectivity index (χ4v) is 3.75. The fraction of sp³-hybridized carbons (Fsp3) is 0.556. The van der Waals surface area contributed by atoms with E-state index in [2.05, 4.69) is 49.7 Å². The minimum Gasteiger partial charge on any atom is -0.507 e. The van der Waals surface area contributed by atoms with Gasteiger partial charge in [-0.2, -0.15) is 0 Å². The summed E-state index contributed by atoms with van der Waals surface area (Å²) in [6.07, 6.45) is 4.41. The molecular formula is C18H25BrO2. The molecule has 2 nitrogen and oxygen atoms in total. The van der Waals surface area contributed by atoms with Gasteiger partial charge in [0.05, 0.1) is 0 Å². The molecule has 1 aliphatic rings. The van der Waals surface area contributed by atoms with E-state index in [1.54, 1.807) is 12.1 Å². The minimum absolute atomic E-state index is 0.0723. The number of rotatable bonds is 2. The van der Waals surface area contributed by atoms with Crippen molar-refractivity contribution in [3.8, 4) is 11.5 Å². The molecule has 0 fully saturated rings. The summed E-state index contributed by atoms with van der Waals surface area (Å²) >= 11 is 3.37. The average Bonchev–Trinajstić information content (AvgIpc) is 2.36. The van der Waals surface area contributed by atoms with Crippen molar-refractivity contribution in [2.45, 2.75) is 51.8 Å². The Hall–Kier alpha value is -0.960. The monoisotopic (exact) mass is 352 g/mol. The second-order valence-electron chi connectivity index (χ2n) is 7.23. The highest BCUT2D eigenvalue weighted by molar-refractivity contribution is 9.08. The molecular weight excluding hydrogens is 328 g/mol. The van der Waals surface area contributed by atoms with Crippen LogP contribution in [-0.4, -0.2) is 10.2 Å². The third-order valence-corrected chi connectivity index (χ3v) is 5.19. The molecule has 1 aromatic carbocycles. The van der Waals surface area contributed by atoms with E-state index in [1.807, 2.05) is 0 Å². The van der Waals surface area contributed by atoms with E-state index in [-0.39, 0.29) is 22.8 Å². The van der Waals surface area contributed by atoms with Gasteiger partial charge >= 0.3 is 0 Å². The van der Waals surface area contributed by atoms with Gasteiger partial charge in [-0.3, -0.25) is 0 Å². The number of halogens is 1. The Morgan fingerprint density at radius 3 is 2.24 bits per heavy atom. The Morgan fingerprint density at radius 1 is 1.19 bits per heavy atom. The number of phenols is 2. The number of aromatic hydroxyl groups is 2. The molecule has 0 aliphatic heterocycles. The lowest BCUT2D eigenvalue weighted by molar-refractivity contribution is 0.194. The van der Waals surface area contributed by atoms with Crippen molar-refractivity contribution in [3.63, 3.8) is 0 Å². The van der Waals surface area contributed by atoms with Crippen LogP contribution in [0.15, 0.2) is 23.8 Å². The van der Waals surface area contributed by atoms with E-state index in [9.17, 15) is 10.2 Å². The first-order valence-electron chi connectivity index (χ1n) is 7.52. The van der Waals surface area contributed by atoms with Gasteiger partial charge in [0, 0.05) is 16.8 Å². The van der Waals surface area contributed by atoms with Gasteiger partial charge in [0.15, 0.2) is 0 Å². The van der Waals surface area contributed by atoms with Gasteiger partial charge in [-0.05, 0) is 48.8 Å². The minimum atomic E-state index is 0.0723. The van der Waals surface area contributed by atoms with Crippen molar-refractivity contribution in [3.05, 3.63) is 34.9 Å². The van der Waals surface area contributed by atoms with E-state index in [4.69, 9.17) is 0 Å². The van der Waals surface area contributed by atoms with Gasteiger partial charge in [-0.15, -0.1) is 0 Å². The zero-order chi connectivity index (χ0) is 15.8. The highest BCUT2D eigenvalue weighted by Crippen LogP contribution is 2.50. The average molecular weight is 353 g/mol. The van der Waals surface area contributed by atoms with Crippen molar-refractivity contribution >= 4 is 15.9 Å². The first-order valence-corrected chi connectivity index (χ1v) is 8.64. The van der Waals surface area contributed by atoms with Crippen LogP contribution in [0, 0.1) is 11.3 Å². The Kier molecular flexibility index (Phi) is 4.72. The van der Waals surface area contributed by atoms with Crippen LogP contribution in [0.4, 0.5) is 0 Å². The predicted molar refractivity (Wildman–Crippen MR) is 91.1 cm³/mol. The summed E-state index contributed by atoms with van der Waals surface area (Å²) in [5.74, 6) is 0.889. The Morgan fingerprint density at radius 2 is 1.76 bits per heavy atom. The summed E-state index contributed by atoms with van der Waals surface area (Å²) in [6, 6.07) is 3.50. The summed E-state index contributed by atoms with van der Waals surface area (Å²) in [5.41, 5.74) is 3.04. The van der Waals surface area contributed by atoms with Gasteiger partial charge in [0.2, 0.25) is 0 Å². The molecule has 0 saturated carbocycles. The second kappa shape index (κ2) is 6.04. The SMILES string of the molecule is CC1=C[C@@H](c2c(O)cc(CBr)cc2O)[C@H](C(C)(C)C)CC1. The lowest BCUT2D eigenvalue weighted by atomic mass is 9.65. The molecule has 0 amide bonds. The Balaban J connectivity index is 2.53. The number of benzene rings is 1. The third-order valence-electron chi connectivity index (χ3n) is 4.54. The first kappa shape index (κ1) is 16.4. The van der Waals surface area contributed by atoms with Gasteiger partial charge in [0.1, 0.15) is 11.5 Å². The van der Waals surface area contributed by atoms with Crippen molar-refractivity contribution in [1.29, 1.82) is 0 Å². The van der Waals surface area contributed by atoms with Crippen LogP contribution < -0.4 is 0 Å². The van der Waals surface area contributed by atoms with Gasteiger partial charge in [-0.25, -0.2) is 0 Å². The third kappa shape index (κ3) is 3.45. The first-order chi connectivity index (χ1) is 9.74. The summed E-state index contributed by atoms with van der Waals surface area (Å²) in [5, 5.41) is 21.5. The Bertz CT molecular complexity index is 532. The number of allylic oxidation sites excluding steroid dienone is 2. The molecule has 21 heavy (non-hydrogen) atoms. The summed E-state index contributed by atoms with van der Waals surface area (Å²) in [6.45, 7) is 8.84. The number of hydrogen-bond donors (Lipinski definition) is 2. The quantitative estimate of drug-likeness (QED) is 0.546. The largest absolute Gasteiger partial charge is 0.507 e. The molecule has 3 heteroatoms.